The molecule has 0 aliphatic carbocycles. The summed E-state index contributed by atoms with van der Waals surface area (Å²) in [7, 11) is 0. The molecule has 246 valence electrons. The van der Waals surface area contributed by atoms with Gasteiger partial charge in [-0.25, -0.2) is 9.79 Å². The van der Waals surface area contributed by atoms with E-state index in [1.54, 1.807) is 11.5 Å². The van der Waals surface area contributed by atoms with Crippen LogP contribution in [0.5, 0.6) is 0 Å². The van der Waals surface area contributed by atoms with Crippen molar-refractivity contribution in [1.82, 2.24) is 9.13 Å². The third-order valence-electron chi connectivity index (χ3n) is 9.13. The van der Waals surface area contributed by atoms with Crippen LogP contribution in [0.25, 0.3) is 22.7 Å². The lowest BCUT2D eigenvalue weighted by molar-refractivity contribution is -0.138. The molecule has 1 atom stereocenters. The third kappa shape index (κ3) is 5.98. The van der Waals surface area contributed by atoms with Gasteiger partial charge in [-0.05, 0) is 54.7 Å². The van der Waals surface area contributed by atoms with Gasteiger partial charge in [0.05, 0.1) is 28.5 Å². The van der Waals surface area contributed by atoms with Gasteiger partial charge in [-0.3, -0.25) is 9.36 Å². The van der Waals surface area contributed by atoms with Crippen molar-refractivity contribution in [3.05, 3.63) is 167 Å². The fourth-order valence-corrected chi connectivity index (χ4v) is 7.77. The first-order chi connectivity index (χ1) is 23.8. The molecule has 49 heavy (non-hydrogen) atoms. The quantitative estimate of drug-likeness (QED) is 0.153. The van der Waals surface area contributed by atoms with Gasteiger partial charge in [-0.2, -0.15) is 0 Å². The zero-order chi connectivity index (χ0) is 34.2. The Hall–Kier alpha value is -4.98. The molecule has 8 heteroatoms. The maximum Gasteiger partial charge on any atom is 0.338 e. The monoisotopic (exact) mass is 685 g/mol. The van der Waals surface area contributed by atoms with E-state index in [1.165, 1.54) is 16.9 Å². The van der Waals surface area contributed by atoms with E-state index in [4.69, 9.17) is 21.3 Å². The van der Waals surface area contributed by atoms with Gasteiger partial charge < -0.3 is 9.30 Å². The number of rotatable bonds is 8. The Balaban J connectivity index is 1.47. The molecule has 7 rings (SSSR count). The van der Waals surface area contributed by atoms with Gasteiger partial charge in [0.2, 0.25) is 0 Å². The van der Waals surface area contributed by atoms with Crippen molar-refractivity contribution in [3.8, 4) is 0 Å². The molecule has 3 heterocycles. The van der Waals surface area contributed by atoms with Crippen molar-refractivity contribution in [3.63, 3.8) is 0 Å². The molecular formula is C41H36ClN3O3S. The van der Waals surface area contributed by atoms with Crippen LogP contribution >= 0.6 is 22.9 Å². The number of fused-ring (bicyclic) bond motifs is 2. The van der Waals surface area contributed by atoms with Gasteiger partial charge in [0.15, 0.2) is 4.80 Å². The molecule has 0 spiro atoms. The molecule has 0 saturated carbocycles. The summed E-state index contributed by atoms with van der Waals surface area (Å²) in [5.74, 6) is -0.157. The first-order valence-corrected chi connectivity index (χ1v) is 17.7. The Morgan fingerprint density at radius 2 is 1.65 bits per heavy atom. The standard InChI is InChI=1S/C41H36ClN3O3S/c1-5-48-40(47)36-37(28-13-7-6-8-14-28)43-41-45(38(36)29-21-19-27(20-22-29)25(2)3)39(46)35(49-41)23-32-26(4)44(34-18-12-10-16-31(32)34)24-30-15-9-11-17-33(30)42/h6-23,25,38H,5,24H2,1-4H3/b35-23-/t38-/m1/s1. The number of halogens is 1. The van der Waals surface area contributed by atoms with Gasteiger partial charge >= 0.3 is 5.97 Å². The fourth-order valence-electron chi connectivity index (χ4n) is 6.59. The van der Waals surface area contributed by atoms with E-state index >= 15 is 0 Å². The van der Waals surface area contributed by atoms with E-state index in [2.05, 4.69) is 49.6 Å². The highest BCUT2D eigenvalue weighted by atomic mass is 35.5. The third-order valence-corrected chi connectivity index (χ3v) is 10.5. The second-order valence-electron chi connectivity index (χ2n) is 12.4. The van der Waals surface area contributed by atoms with Gasteiger partial charge in [-0.1, -0.05) is 128 Å². The van der Waals surface area contributed by atoms with E-state index in [0.717, 1.165) is 38.9 Å². The number of aromatic nitrogens is 2. The summed E-state index contributed by atoms with van der Waals surface area (Å²) < 4.78 is 10.1. The lowest BCUT2D eigenvalue weighted by Crippen LogP contribution is -2.40. The summed E-state index contributed by atoms with van der Waals surface area (Å²) in [5.41, 5.74) is 7.46. The van der Waals surface area contributed by atoms with Gasteiger partial charge in [0.1, 0.15) is 0 Å². The predicted molar refractivity (Wildman–Crippen MR) is 199 cm³/mol. The van der Waals surface area contributed by atoms with Gasteiger partial charge in [0.25, 0.3) is 5.56 Å². The van der Waals surface area contributed by atoms with E-state index in [0.29, 0.717) is 38.1 Å². The summed E-state index contributed by atoms with van der Waals surface area (Å²) in [6, 6.07) is 33.1. The number of para-hydroxylation sites is 1. The molecule has 2 aromatic heterocycles. The number of ether oxygens (including phenoxy) is 1. The van der Waals surface area contributed by atoms with Crippen molar-refractivity contribution in [1.29, 1.82) is 0 Å². The second kappa shape index (κ2) is 13.5. The zero-order valence-electron chi connectivity index (χ0n) is 27.8. The molecule has 4 aromatic carbocycles. The van der Waals surface area contributed by atoms with Crippen LogP contribution in [-0.4, -0.2) is 21.7 Å². The van der Waals surface area contributed by atoms with Gasteiger partial charge in [-0.15, -0.1) is 0 Å². The largest absolute Gasteiger partial charge is 0.463 e. The van der Waals surface area contributed by atoms with Gasteiger partial charge in [0, 0.05) is 39.3 Å². The molecular weight excluding hydrogens is 650 g/mol. The molecule has 0 amide bonds. The minimum atomic E-state index is -0.725. The Labute approximate surface area is 293 Å². The highest BCUT2D eigenvalue weighted by molar-refractivity contribution is 7.07. The normalized spacial score (nSPS) is 14.7. The smallest absolute Gasteiger partial charge is 0.338 e. The highest BCUT2D eigenvalue weighted by Gasteiger charge is 2.35. The van der Waals surface area contributed by atoms with Crippen LogP contribution in [0.15, 0.2) is 118 Å². The van der Waals surface area contributed by atoms with Crippen molar-refractivity contribution >= 4 is 51.6 Å². The second-order valence-corrected chi connectivity index (χ2v) is 13.9. The molecule has 0 radical (unpaired) electrons. The van der Waals surface area contributed by atoms with Crippen LogP contribution < -0.4 is 14.9 Å². The summed E-state index contributed by atoms with van der Waals surface area (Å²) in [5, 5.41) is 1.75. The molecule has 0 saturated heterocycles. The number of benzene rings is 4. The molecule has 1 aliphatic heterocycles. The Morgan fingerprint density at radius 3 is 2.37 bits per heavy atom. The topological polar surface area (TPSA) is 65.6 Å². The van der Waals surface area contributed by atoms with Crippen molar-refractivity contribution < 1.29 is 9.53 Å². The molecule has 0 bridgehead atoms. The number of hydrogen-bond donors (Lipinski definition) is 0. The maximum absolute atomic E-state index is 14.6. The predicted octanol–water partition coefficient (Wildman–Crippen LogP) is 8.02. The number of esters is 1. The molecule has 6 aromatic rings. The SMILES string of the molecule is CCOC(=O)C1=C(c2ccccc2)N=c2s/c(=C\c3c(C)n(Cc4ccccc4Cl)c4ccccc34)c(=O)n2[C@@H]1c1ccc(C(C)C)cc1. The summed E-state index contributed by atoms with van der Waals surface area (Å²) in [6.07, 6.45) is 1.97. The average Bonchev–Trinajstić information content (AvgIpc) is 3.57. The Morgan fingerprint density at radius 1 is 0.959 bits per heavy atom. The highest BCUT2D eigenvalue weighted by Crippen LogP contribution is 2.36. The van der Waals surface area contributed by atoms with Crippen LogP contribution in [-0.2, 0) is 16.1 Å². The summed E-state index contributed by atoms with van der Waals surface area (Å²) in [4.78, 5) is 34.0. The minimum Gasteiger partial charge on any atom is -0.463 e. The van der Waals surface area contributed by atoms with E-state index < -0.39 is 12.0 Å². The first kappa shape index (κ1) is 32.6. The first-order valence-electron chi connectivity index (χ1n) is 16.5. The maximum atomic E-state index is 14.6. The van der Waals surface area contributed by atoms with Crippen molar-refractivity contribution in [2.75, 3.05) is 6.61 Å². The summed E-state index contributed by atoms with van der Waals surface area (Å²) >= 11 is 7.91. The van der Waals surface area contributed by atoms with E-state index in [1.807, 2.05) is 84.9 Å². The minimum absolute atomic E-state index is 0.200. The lowest BCUT2D eigenvalue weighted by Gasteiger charge is -2.26. The molecule has 0 N–H and O–H groups in total. The zero-order valence-corrected chi connectivity index (χ0v) is 29.4. The van der Waals surface area contributed by atoms with Crippen LogP contribution in [0.1, 0.15) is 66.2 Å². The van der Waals surface area contributed by atoms with Crippen molar-refractivity contribution in [2.45, 2.75) is 46.2 Å². The van der Waals surface area contributed by atoms with Crippen LogP contribution in [0, 0.1) is 6.92 Å². The molecule has 0 fully saturated rings. The van der Waals surface area contributed by atoms with Crippen molar-refractivity contribution in [2.24, 2.45) is 4.99 Å². The van der Waals surface area contributed by atoms with Crippen LogP contribution in [0.3, 0.4) is 0 Å². The number of hydrogen-bond acceptors (Lipinski definition) is 5. The lowest BCUT2D eigenvalue weighted by atomic mass is 9.91. The Bertz CT molecular complexity index is 2420. The Kier molecular flexibility index (Phi) is 8.97. The molecule has 1 aliphatic rings. The number of carbonyl (C=O) groups excluding carboxylic acids is 1. The van der Waals surface area contributed by atoms with E-state index in [-0.39, 0.29) is 12.2 Å². The molecule has 6 nitrogen and oxygen atoms in total. The van der Waals surface area contributed by atoms with Crippen LogP contribution in [0.2, 0.25) is 5.02 Å². The summed E-state index contributed by atoms with van der Waals surface area (Å²) in [6.45, 7) is 8.94. The number of thiazole rings is 1. The van der Waals surface area contributed by atoms with E-state index in [9.17, 15) is 9.59 Å². The number of nitrogens with zero attached hydrogens (tertiary/aromatic N) is 3. The van der Waals surface area contributed by atoms with Crippen LogP contribution in [0.4, 0.5) is 0 Å². The molecule has 0 unspecified atom stereocenters. The fraction of sp³-hybridized carbons (Fsp3) is 0.195. The average molecular weight is 686 g/mol. The number of carbonyl (C=O) groups is 1.